The Kier molecular flexibility index (Phi) is 5.16. The number of nitrogens with one attached hydrogen (secondary N) is 2. The van der Waals surface area contributed by atoms with Crippen molar-refractivity contribution in [1.82, 2.24) is 15.6 Å². The summed E-state index contributed by atoms with van der Waals surface area (Å²) in [5, 5.41) is 7.51. The van der Waals surface area contributed by atoms with E-state index in [1.807, 2.05) is 26.2 Å². The normalized spacial score (nSPS) is 25.8. The fraction of sp³-hybridized carbons (Fsp3) is 0.440. The molecule has 0 aliphatic carbocycles. The first-order valence-electron chi connectivity index (χ1n) is 11.7. The molecule has 34 heavy (non-hydrogen) atoms. The molecule has 0 radical (unpaired) electrons. The molecule has 8 nitrogen and oxygen atoms in total. The highest BCUT2D eigenvalue weighted by atomic mass is 32.1. The van der Waals surface area contributed by atoms with Gasteiger partial charge in [0.05, 0.1) is 17.8 Å². The van der Waals surface area contributed by atoms with E-state index in [-0.39, 0.29) is 17.6 Å². The highest BCUT2D eigenvalue weighted by Crippen LogP contribution is 2.38. The molecule has 0 spiro atoms. The van der Waals surface area contributed by atoms with Crippen molar-refractivity contribution in [3.8, 4) is 5.75 Å². The number of nitrogen functional groups attached to an aromatic ring is 1. The number of anilines is 2. The highest BCUT2D eigenvalue weighted by Gasteiger charge is 2.50. The molecule has 6 rings (SSSR count). The number of nitrogens with zero attached hydrogens (tertiary/aromatic N) is 2. The summed E-state index contributed by atoms with van der Waals surface area (Å²) in [6.45, 7) is 5.17. The van der Waals surface area contributed by atoms with Crippen LogP contribution in [0.15, 0.2) is 30.3 Å². The van der Waals surface area contributed by atoms with Gasteiger partial charge in [0.25, 0.3) is 5.91 Å². The SMILES string of the molecule is CO[C@]12CCN[C@@H]1CN(c1ccc3c(c1)OC[C@H](NC(=O)c1sc4nc(C)ccc4c1N)C3)C2. The first-order valence-corrected chi connectivity index (χ1v) is 12.5. The highest BCUT2D eigenvalue weighted by molar-refractivity contribution is 7.21. The van der Waals surface area contributed by atoms with Crippen LogP contribution in [0.1, 0.15) is 27.3 Å². The second-order valence-electron chi connectivity index (χ2n) is 9.53. The Morgan fingerprint density at radius 3 is 3.09 bits per heavy atom. The van der Waals surface area contributed by atoms with Gasteiger partial charge in [-0.05, 0) is 50.1 Å². The maximum absolute atomic E-state index is 13.0. The van der Waals surface area contributed by atoms with Crippen molar-refractivity contribution in [3.63, 3.8) is 0 Å². The van der Waals surface area contributed by atoms with Crippen LogP contribution >= 0.6 is 11.3 Å². The number of methoxy groups -OCH3 is 1. The zero-order valence-electron chi connectivity index (χ0n) is 19.4. The number of ether oxygens (including phenoxy) is 2. The van der Waals surface area contributed by atoms with E-state index in [2.05, 4.69) is 38.7 Å². The molecular formula is C25H29N5O3S. The first-order chi connectivity index (χ1) is 16.5. The number of thiophene rings is 1. The third-order valence-corrected chi connectivity index (χ3v) is 8.55. The zero-order valence-corrected chi connectivity index (χ0v) is 20.2. The van der Waals surface area contributed by atoms with Crippen molar-refractivity contribution in [2.45, 2.75) is 37.5 Å². The maximum atomic E-state index is 13.0. The van der Waals surface area contributed by atoms with Crippen LogP contribution in [-0.2, 0) is 11.2 Å². The minimum Gasteiger partial charge on any atom is -0.491 e. The molecule has 9 heteroatoms. The van der Waals surface area contributed by atoms with Crippen molar-refractivity contribution in [2.24, 2.45) is 0 Å². The number of aromatic nitrogens is 1. The van der Waals surface area contributed by atoms with E-state index >= 15 is 0 Å². The van der Waals surface area contributed by atoms with Crippen LogP contribution in [0, 0.1) is 6.92 Å². The Balaban J connectivity index is 1.15. The Bertz CT molecular complexity index is 1280. The van der Waals surface area contributed by atoms with Crippen LogP contribution in [0.4, 0.5) is 11.4 Å². The topological polar surface area (TPSA) is 102 Å². The number of hydrogen-bond acceptors (Lipinski definition) is 8. The van der Waals surface area contributed by atoms with E-state index in [0.29, 0.717) is 23.2 Å². The number of carbonyl (C=O) groups excluding carboxylic acids is 1. The third-order valence-electron chi connectivity index (χ3n) is 7.44. The standard InChI is InChI=1S/C25H29N5O3S/c1-14-3-6-18-21(26)22(34-24(18)28-14)23(31)29-16-9-15-4-5-17(10-19(15)33-12-16)30-11-20-25(13-30,32-2)7-8-27-20/h3-6,10,16,20,27H,7-9,11-13,26H2,1-2H3,(H,29,31)/t16-,20-,25+/m1/s1. The van der Waals surface area contributed by atoms with Gasteiger partial charge in [0.2, 0.25) is 0 Å². The smallest absolute Gasteiger partial charge is 0.263 e. The summed E-state index contributed by atoms with van der Waals surface area (Å²) in [6, 6.07) is 10.5. The van der Waals surface area contributed by atoms with Gasteiger partial charge >= 0.3 is 0 Å². The second kappa shape index (κ2) is 8.11. The predicted molar refractivity (Wildman–Crippen MR) is 134 cm³/mol. The molecule has 3 aromatic rings. The van der Waals surface area contributed by atoms with Crippen molar-refractivity contribution >= 4 is 38.8 Å². The number of nitrogens with two attached hydrogens (primary N) is 1. The third kappa shape index (κ3) is 3.50. The summed E-state index contributed by atoms with van der Waals surface area (Å²) in [4.78, 5) is 21.2. The molecule has 0 unspecified atom stereocenters. The minimum absolute atomic E-state index is 0.102. The lowest BCUT2D eigenvalue weighted by Gasteiger charge is -2.29. The molecule has 1 aromatic carbocycles. The van der Waals surface area contributed by atoms with Crippen LogP contribution in [0.5, 0.6) is 5.75 Å². The molecule has 0 bridgehead atoms. The lowest BCUT2D eigenvalue weighted by molar-refractivity contribution is 0.00769. The number of amides is 1. The summed E-state index contributed by atoms with van der Waals surface area (Å²) in [6.07, 6.45) is 1.75. The quantitative estimate of drug-likeness (QED) is 0.528. The van der Waals surface area contributed by atoms with Gasteiger partial charge in [0.15, 0.2) is 0 Å². The fourth-order valence-corrected chi connectivity index (χ4v) is 6.55. The van der Waals surface area contributed by atoms with Crippen LogP contribution in [0.3, 0.4) is 0 Å². The molecule has 1 amide bonds. The van der Waals surface area contributed by atoms with Crippen molar-refractivity contribution < 1.29 is 14.3 Å². The Morgan fingerprint density at radius 1 is 1.38 bits per heavy atom. The van der Waals surface area contributed by atoms with Gasteiger partial charge in [-0.25, -0.2) is 4.98 Å². The van der Waals surface area contributed by atoms with Crippen LogP contribution in [0.25, 0.3) is 10.2 Å². The summed E-state index contributed by atoms with van der Waals surface area (Å²) >= 11 is 1.33. The molecule has 3 aliphatic heterocycles. The molecule has 3 aliphatic rings. The van der Waals surface area contributed by atoms with E-state index in [4.69, 9.17) is 15.2 Å². The summed E-state index contributed by atoms with van der Waals surface area (Å²) in [7, 11) is 1.82. The van der Waals surface area contributed by atoms with Gasteiger partial charge in [-0.1, -0.05) is 6.07 Å². The lowest BCUT2D eigenvalue weighted by Crippen LogP contribution is -2.43. The van der Waals surface area contributed by atoms with E-state index in [1.165, 1.54) is 11.3 Å². The van der Waals surface area contributed by atoms with Crippen LogP contribution < -0.4 is 26.0 Å². The van der Waals surface area contributed by atoms with E-state index in [1.54, 1.807) is 0 Å². The number of hydrogen-bond donors (Lipinski definition) is 3. The summed E-state index contributed by atoms with van der Waals surface area (Å²) in [5.74, 6) is 0.716. The zero-order chi connectivity index (χ0) is 23.4. The van der Waals surface area contributed by atoms with Gasteiger partial charge in [-0.3, -0.25) is 4.79 Å². The number of benzene rings is 1. The van der Waals surface area contributed by atoms with E-state index in [9.17, 15) is 4.79 Å². The molecule has 2 aromatic heterocycles. The van der Waals surface area contributed by atoms with Crippen molar-refractivity contribution in [3.05, 3.63) is 46.5 Å². The van der Waals surface area contributed by atoms with E-state index in [0.717, 1.165) is 65.4 Å². The number of pyridine rings is 1. The molecule has 4 N–H and O–H groups in total. The first kappa shape index (κ1) is 21.6. The monoisotopic (exact) mass is 479 g/mol. The average molecular weight is 480 g/mol. The second-order valence-corrected chi connectivity index (χ2v) is 10.5. The Hall–Kier alpha value is -2.88. The van der Waals surface area contributed by atoms with Crippen LogP contribution in [0.2, 0.25) is 0 Å². The fourth-order valence-electron chi connectivity index (χ4n) is 5.51. The summed E-state index contributed by atoms with van der Waals surface area (Å²) < 4.78 is 12.0. The van der Waals surface area contributed by atoms with Gasteiger partial charge in [-0.2, -0.15) is 0 Å². The van der Waals surface area contributed by atoms with Crippen molar-refractivity contribution in [1.29, 1.82) is 0 Å². The molecule has 2 saturated heterocycles. The predicted octanol–water partition coefficient (Wildman–Crippen LogP) is 2.49. The number of carbonyl (C=O) groups is 1. The number of aryl methyl sites for hydroxylation is 1. The van der Waals surface area contributed by atoms with Gasteiger partial charge in [-0.15, -0.1) is 11.3 Å². The average Bonchev–Trinajstić information content (AvgIpc) is 3.49. The molecule has 3 atom stereocenters. The summed E-state index contributed by atoms with van der Waals surface area (Å²) in [5.41, 5.74) is 9.80. The van der Waals surface area contributed by atoms with Gasteiger partial charge in [0, 0.05) is 43.0 Å². The number of rotatable bonds is 4. The maximum Gasteiger partial charge on any atom is 0.263 e. The van der Waals surface area contributed by atoms with Gasteiger partial charge in [0.1, 0.15) is 27.7 Å². The largest absolute Gasteiger partial charge is 0.491 e. The Morgan fingerprint density at radius 2 is 2.26 bits per heavy atom. The van der Waals surface area contributed by atoms with E-state index < -0.39 is 0 Å². The van der Waals surface area contributed by atoms with Crippen LogP contribution in [-0.4, -0.2) is 61.9 Å². The molecule has 5 heterocycles. The minimum atomic E-state index is -0.173. The molecule has 2 fully saturated rings. The Labute approximate surface area is 202 Å². The van der Waals surface area contributed by atoms with Gasteiger partial charge < -0.3 is 30.7 Å². The molecule has 178 valence electrons. The number of fused-ring (bicyclic) bond motifs is 3. The molecular weight excluding hydrogens is 450 g/mol. The lowest BCUT2D eigenvalue weighted by atomic mass is 9.98. The van der Waals surface area contributed by atoms with Crippen molar-refractivity contribution in [2.75, 3.05) is 44.0 Å². The molecule has 0 saturated carbocycles.